The standard InChI is InChI=1S/C46H56N8O7/c55-26-36-43(59)53-20-10-7-17-38(53)44(60)54-37-16-6-1-11-27(37)23-39(54)42(58)49-35(22-29-25-48-33-15-5-3-13-31(29)33)41(57)52-46(18-8-9-19-46)45(61)51-34(40(56)50-36)21-28-24-47-32-14-4-2-12-30(28)32/h2-5,12-15,24-25,27,34-39,47-48,55H,1,6-11,16-23,26H2,(H,49,58)(H,50,56)(H,51,61)(H,52,57)/t27-,34-,35-,36-,37-,38+,39-/m0/s1. The molecule has 7 atom stereocenters. The molecule has 2 saturated carbocycles. The summed E-state index contributed by atoms with van der Waals surface area (Å²) in [5.41, 5.74) is 1.88. The van der Waals surface area contributed by atoms with Crippen LogP contribution in [-0.2, 0) is 41.6 Å². The van der Waals surface area contributed by atoms with Gasteiger partial charge in [0.15, 0.2) is 0 Å². The number of nitrogens with one attached hydrogen (secondary N) is 6. The first kappa shape index (κ1) is 40.7. The summed E-state index contributed by atoms with van der Waals surface area (Å²) in [5, 5.41) is 24.3. The van der Waals surface area contributed by atoms with Gasteiger partial charge in [-0.15, -0.1) is 0 Å². The van der Waals surface area contributed by atoms with Crippen molar-refractivity contribution in [1.29, 1.82) is 0 Å². The van der Waals surface area contributed by atoms with Crippen LogP contribution in [0.4, 0.5) is 0 Å². The lowest BCUT2D eigenvalue weighted by atomic mass is 9.84. The fourth-order valence-corrected chi connectivity index (χ4v) is 11.0. The predicted octanol–water partition coefficient (Wildman–Crippen LogP) is 2.86. The lowest BCUT2D eigenvalue weighted by Crippen LogP contribution is -2.66. The molecule has 1 spiro atoms. The minimum absolute atomic E-state index is 0.0426. The van der Waals surface area contributed by atoms with E-state index < -0.39 is 71.9 Å². The Morgan fingerprint density at radius 1 is 0.623 bits per heavy atom. The molecule has 2 aromatic heterocycles. The summed E-state index contributed by atoms with van der Waals surface area (Å²) in [5.74, 6) is -3.03. The Kier molecular flexibility index (Phi) is 11.3. The topological polar surface area (TPSA) is 209 Å². The van der Waals surface area contributed by atoms with Crippen LogP contribution in [0, 0.1) is 5.92 Å². The number of aliphatic hydroxyl groups is 1. The number of para-hydroxylation sites is 2. The molecule has 9 rings (SSSR count). The van der Waals surface area contributed by atoms with Crippen LogP contribution in [0.3, 0.4) is 0 Å². The van der Waals surface area contributed by atoms with Crippen molar-refractivity contribution >= 4 is 57.2 Å². The maximum atomic E-state index is 15.0. The summed E-state index contributed by atoms with van der Waals surface area (Å²) < 4.78 is 0. The fraction of sp³-hybridized carbons (Fsp3) is 0.522. The van der Waals surface area contributed by atoms with E-state index in [1.807, 2.05) is 54.7 Å². The van der Waals surface area contributed by atoms with Gasteiger partial charge < -0.3 is 46.1 Å². The van der Waals surface area contributed by atoms with Crippen LogP contribution in [0.5, 0.6) is 0 Å². The fourth-order valence-electron chi connectivity index (χ4n) is 11.0. The summed E-state index contributed by atoms with van der Waals surface area (Å²) in [6.07, 6.45) is 11.3. The maximum Gasteiger partial charge on any atom is 0.248 e. The maximum absolute atomic E-state index is 15.0. The molecular formula is C46H56N8O7. The molecule has 7 N–H and O–H groups in total. The number of carbonyl (C=O) groups excluding carboxylic acids is 6. The number of amides is 6. The minimum Gasteiger partial charge on any atom is -0.394 e. The van der Waals surface area contributed by atoms with Crippen LogP contribution in [0.2, 0.25) is 0 Å². The van der Waals surface area contributed by atoms with Crippen LogP contribution in [0.25, 0.3) is 21.8 Å². The molecule has 4 aromatic rings. The average Bonchev–Trinajstić information content (AvgIpc) is 4.10. The number of hydrogen-bond donors (Lipinski definition) is 7. The van der Waals surface area contributed by atoms with Gasteiger partial charge in [-0.05, 0) is 80.5 Å². The molecule has 61 heavy (non-hydrogen) atoms. The van der Waals surface area contributed by atoms with Gasteiger partial charge in [-0.2, -0.15) is 0 Å². The molecule has 15 heteroatoms. The van der Waals surface area contributed by atoms with Gasteiger partial charge in [-0.25, -0.2) is 0 Å². The smallest absolute Gasteiger partial charge is 0.248 e. The van der Waals surface area contributed by atoms with E-state index >= 15 is 4.79 Å². The van der Waals surface area contributed by atoms with E-state index in [4.69, 9.17) is 0 Å². The van der Waals surface area contributed by atoms with Crippen LogP contribution < -0.4 is 21.3 Å². The number of H-pyrrole nitrogens is 2. The lowest BCUT2D eigenvalue weighted by Gasteiger charge is -2.42. The number of rotatable bonds is 5. The van der Waals surface area contributed by atoms with Gasteiger partial charge in [-0.1, -0.05) is 62.1 Å². The molecule has 6 amide bonds. The van der Waals surface area contributed by atoms with Crippen LogP contribution >= 0.6 is 0 Å². The van der Waals surface area contributed by atoms with Gasteiger partial charge in [0.05, 0.1) is 6.61 Å². The molecule has 0 bridgehead atoms. The molecular weight excluding hydrogens is 777 g/mol. The van der Waals surface area contributed by atoms with Crippen molar-refractivity contribution in [3.63, 3.8) is 0 Å². The van der Waals surface area contributed by atoms with E-state index in [1.165, 1.54) is 4.90 Å². The molecule has 5 heterocycles. The first-order valence-corrected chi connectivity index (χ1v) is 22.2. The number of aromatic amines is 2. The highest BCUT2D eigenvalue weighted by Crippen LogP contribution is 2.41. The zero-order valence-electron chi connectivity index (χ0n) is 34.4. The Hall–Kier alpha value is -5.70. The quantitative estimate of drug-likeness (QED) is 0.160. The lowest BCUT2D eigenvalue weighted by molar-refractivity contribution is -0.154. The van der Waals surface area contributed by atoms with E-state index in [0.29, 0.717) is 51.4 Å². The van der Waals surface area contributed by atoms with Gasteiger partial charge in [-0.3, -0.25) is 28.8 Å². The Balaban J connectivity index is 1.12. The average molecular weight is 833 g/mol. The van der Waals surface area contributed by atoms with Crippen LogP contribution in [0.1, 0.15) is 88.2 Å². The first-order chi connectivity index (χ1) is 29.6. The highest BCUT2D eigenvalue weighted by atomic mass is 16.3. The van der Waals surface area contributed by atoms with Crippen molar-refractivity contribution < 1.29 is 33.9 Å². The molecule has 3 saturated heterocycles. The van der Waals surface area contributed by atoms with E-state index in [0.717, 1.165) is 58.6 Å². The van der Waals surface area contributed by atoms with E-state index in [9.17, 15) is 29.1 Å². The molecule has 0 unspecified atom stereocenters. The SMILES string of the molecule is O=C1NC2(CCCC2)C(=O)N[C@@H](Cc2c[nH]c3ccccc23)C(=O)N[C@@H](CO)C(=O)N2CCCC[C@@H]2C(=O)N2[C@@H](C[C@@H]3CCCC[C@@H]32)C(=O)N[C@H]1Cc1c[nH]c2ccccc12. The van der Waals surface area contributed by atoms with Crippen LogP contribution in [0.15, 0.2) is 60.9 Å². The zero-order valence-corrected chi connectivity index (χ0v) is 34.4. The van der Waals surface area contributed by atoms with Crippen molar-refractivity contribution in [2.24, 2.45) is 5.92 Å². The molecule has 5 aliphatic rings. The second-order valence-corrected chi connectivity index (χ2v) is 17.9. The molecule has 322 valence electrons. The number of nitrogens with zero attached hydrogens (tertiary/aromatic N) is 2. The highest BCUT2D eigenvalue weighted by Gasteiger charge is 2.52. The Morgan fingerprint density at radius 3 is 1.90 bits per heavy atom. The number of aliphatic hydroxyl groups excluding tert-OH is 1. The number of piperidine rings is 1. The van der Waals surface area contributed by atoms with Gasteiger partial charge >= 0.3 is 0 Å². The molecule has 15 nitrogen and oxygen atoms in total. The van der Waals surface area contributed by atoms with Crippen LogP contribution in [-0.4, -0.2) is 115 Å². The zero-order chi connectivity index (χ0) is 42.3. The predicted molar refractivity (Wildman–Crippen MR) is 227 cm³/mol. The second kappa shape index (κ2) is 17.0. The number of carbonyl (C=O) groups is 6. The van der Waals surface area contributed by atoms with Gasteiger partial charge in [0.1, 0.15) is 35.7 Å². The van der Waals surface area contributed by atoms with Gasteiger partial charge in [0, 0.05) is 59.6 Å². The van der Waals surface area contributed by atoms with E-state index in [1.54, 1.807) is 11.1 Å². The number of aromatic nitrogens is 2. The summed E-state index contributed by atoms with van der Waals surface area (Å²) in [7, 11) is 0. The van der Waals surface area contributed by atoms with Crippen molar-refractivity contribution in [2.45, 2.75) is 132 Å². The molecule has 2 aliphatic carbocycles. The van der Waals surface area contributed by atoms with Crippen molar-refractivity contribution in [2.75, 3.05) is 13.2 Å². The third kappa shape index (κ3) is 7.77. The summed E-state index contributed by atoms with van der Waals surface area (Å²) in [4.78, 5) is 98.0. The Morgan fingerprint density at radius 2 is 1.23 bits per heavy atom. The Bertz CT molecular complexity index is 2330. The highest BCUT2D eigenvalue weighted by molar-refractivity contribution is 6.00. The molecule has 3 aliphatic heterocycles. The number of benzene rings is 2. The summed E-state index contributed by atoms with van der Waals surface area (Å²) in [6.45, 7) is -0.488. The molecule has 5 fully saturated rings. The molecule has 2 aromatic carbocycles. The van der Waals surface area contributed by atoms with Gasteiger partial charge in [0.2, 0.25) is 35.4 Å². The normalized spacial score (nSPS) is 29.0. The molecule has 0 radical (unpaired) electrons. The third-order valence-electron chi connectivity index (χ3n) is 14.2. The van der Waals surface area contributed by atoms with Crippen molar-refractivity contribution in [1.82, 2.24) is 41.0 Å². The first-order valence-electron chi connectivity index (χ1n) is 22.2. The summed E-state index contributed by atoms with van der Waals surface area (Å²) in [6, 6.07) is 9.61. The van der Waals surface area contributed by atoms with Crippen molar-refractivity contribution in [3.05, 3.63) is 72.1 Å². The van der Waals surface area contributed by atoms with E-state index in [-0.39, 0.29) is 37.3 Å². The Labute approximate surface area is 354 Å². The number of fused-ring (bicyclic) bond motifs is 6. The second-order valence-electron chi connectivity index (χ2n) is 17.9. The third-order valence-corrected chi connectivity index (χ3v) is 14.2. The monoisotopic (exact) mass is 832 g/mol. The van der Waals surface area contributed by atoms with Crippen molar-refractivity contribution in [3.8, 4) is 0 Å². The minimum atomic E-state index is -1.40. The van der Waals surface area contributed by atoms with Gasteiger partial charge in [0.25, 0.3) is 0 Å². The van der Waals surface area contributed by atoms with E-state index in [2.05, 4.69) is 31.2 Å². The largest absolute Gasteiger partial charge is 0.394 e. The summed E-state index contributed by atoms with van der Waals surface area (Å²) >= 11 is 0. The number of hydrogen-bond acceptors (Lipinski definition) is 7.